The van der Waals surface area contributed by atoms with Gasteiger partial charge >= 0.3 is 0 Å². The SMILES string of the molecule is COc1cc(Cl)ccc1CC1(O)CNC1. The van der Waals surface area contributed by atoms with Gasteiger partial charge in [0.25, 0.3) is 0 Å². The van der Waals surface area contributed by atoms with E-state index in [4.69, 9.17) is 16.3 Å². The molecule has 2 N–H and O–H groups in total. The van der Waals surface area contributed by atoms with Crippen molar-refractivity contribution in [2.24, 2.45) is 0 Å². The normalized spacial score (nSPS) is 18.3. The van der Waals surface area contributed by atoms with Crippen molar-refractivity contribution in [3.05, 3.63) is 28.8 Å². The Morgan fingerprint density at radius 2 is 2.27 bits per heavy atom. The van der Waals surface area contributed by atoms with E-state index in [9.17, 15) is 5.11 Å². The van der Waals surface area contributed by atoms with Crippen LogP contribution in [0.2, 0.25) is 5.02 Å². The smallest absolute Gasteiger partial charge is 0.123 e. The summed E-state index contributed by atoms with van der Waals surface area (Å²) in [5, 5.41) is 13.7. The van der Waals surface area contributed by atoms with Crippen molar-refractivity contribution in [2.45, 2.75) is 12.0 Å². The fourth-order valence-electron chi connectivity index (χ4n) is 1.76. The average molecular weight is 228 g/mol. The molecule has 1 fully saturated rings. The van der Waals surface area contributed by atoms with E-state index in [1.165, 1.54) is 0 Å². The van der Waals surface area contributed by atoms with Gasteiger partial charge in [0.2, 0.25) is 0 Å². The van der Waals surface area contributed by atoms with Gasteiger partial charge in [-0.25, -0.2) is 0 Å². The molecule has 0 atom stereocenters. The van der Waals surface area contributed by atoms with Gasteiger partial charge in [-0.3, -0.25) is 0 Å². The highest BCUT2D eigenvalue weighted by Gasteiger charge is 2.34. The number of ether oxygens (including phenoxy) is 1. The first-order chi connectivity index (χ1) is 7.13. The lowest BCUT2D eigenvalue weighted by Gasteiger charge is -2.38. The van der Waals surface area contributed by atoms with Crippen molar-refractivity contribution in [1.29, 1.82) is 0 Å². The van der Waals surface area contributed by atoms with Gasteiger partial charge in [-0.1, -0.05) is 17.7 Å². The van der Waals surface area contributed by atoms with Gasteiger partial charge in [0.15, 0.2) is 0 Å². The summed E-state index contributed by atoms with van der Waals surface area (Å²) in [6.45, 7) is 1.28. The molecule has 0 amide bonds. The summed E-state index contributed by atoms with van der Waals surface area (Å²) in [6, 6.07) is 5.48. The van der Waals surface area contributed by atoms with Crippen molar-refractivity contribution >= 4 is 11.6 Å². The molecule has 1 aromatic carbocycles. The molecule has 15 heavy (non-hydrogen) atoms. The molecule has 0 spiro atoms. The Balaban J connectivity index is 2.20. The van der Waals surface area contributed by atoms with Crippen LogP contribution in [0.25, 0.3) is 0 Å². The number of β-amino-alcohol motifs (C(OH)–C–C–N with tert-alkyl or cyclic N) is 1. The number of nitrogens with one attached hydrogen (secondary N) is 1. The van der Waals surface area contributed by atoms with Gasteiger partial charge in [-0.15, -0.1) is 0 Å². The lowest BCUT2D eigenvalue weighted by atomic mass is 9.89. The molecule has 1 aliphatic heterocycles. The minimum Gasteiger partial charge on any atom is -0.496 e. The highest BCUT2D eigenvalue weighted by molar-refractivity contribution is 6.30. The van der Waals surface area contributed by atoms with Crippen molar-refractivity contribution < 1.29 is 9.84 Å². The Morgan fingerprint density at radius 1 is 1.53 bits per heavy atom. The molecule has 0 saturated carbocycles. The van der Waals surface area contributed by atoms with Crippen molar-refractivity contribution in [1.82, 2.24) is 5.32 Å². The van der Waals surface area contributed by atoms with Crippen LogP contribution >= 0.6 is 11.6 Å². The first-order valence-electron chi connectivity index (χ1n) is 4.88. The Bertz CT molecular complexity index is 364. The van der Waals surface area contributed by atoms with Gasteiger partial charge in [0, 0.05) is 24.5 Å². The minimum absolute atomic E-state index is 0.598. The van der Waals surface area contributed by atoms with E-state index in [1.54, 1.807) is 13.2 Å². The topological polar surface area (TPSA) is 41.5 Å². The summed E-state index contributed by atoms with van der Waals surface area (Å²) in [7, 11) is 1.61. The minimum atomic E-state index is -0.624. The summed E-state index contributed by atoms with van der Waals surface area (Å²) in [5.41, 5.74) is 0.368. The number of benzene rings is 1. The predicted octanol–water partition coefficient (Wildman–Crippen LogP) is 1.23. The van der Waals surface area contributed by atoms with Crippen molar-refractivity contribution in [3.63, 3.8) is 0 Å². The standard InChI is InChI=1S/C11H14ClNO2/c1-15-10-4-9(12)3-2-8(10)5-11(14)6-13-7-11/h2-4,13-14H,5-7H2,1H3. The van der Waals surface area contributed by atoms with E-state index >= 15 is 0 Å². The molecule has 2 rings (SSSR count). The van der Waals surface area contributed by atoms with Crippen LogP contribution in [0, 0.1) is 0 Å². The molecule has 0 bridgehead atoms. The van der Waals surface area contributed by atoms with Crippen LogP contribution < -0.4 is 10.1 Å². The van der Waals surface area contributed by atoms with Crippen LogP contribution in [-0.2, 0) is 6.42 Å². The molecule has 0 radical (unpaired) electrons. The average Bonchev–Trinajstić information content (AvgIpc) is 2.18. The van der Waals surface area contributed by atoms with Gasteiger partial charge in [0.05, 0.1) is 12.7 Å². The fraction of sp³-hybridized carbons (Fsp3) is 0.455. The molecule has 82 valence electrons. The predicted molar refractivity (Wildman–Crippen MR) is 59.5 cm³/mol. The molecular formula is C11H14ClNO2. The fourth-order valence-corrected chi connectivity index (χ4v) is 1.92. The second kappa shape index (κ2) is 4.00. The lowest BCUT2D eigenvalue weighted by Crippen LogP contribution is -2.60. The monoisotopic (exact) mass is 227 g/mol. The zero-order valence-electron chi connectivity index (χ0n) is 8.59. The maximum absolute atomic E-state index is 10.0. The molecule has 1 aliphatic rings. The molecule has 3 nitrogen and oxygen atoms in total. The Kier molecular flexibility index (Phi) is 2.87. The number of aliphatic hydroxyl groups is 1. The van der Waals surface area contributed by atoms with Crippen LogP contribution in [0.4, 0.5) is 0 Å². The summed E-state index contributed by atoms with van der Waals surface area (Å²) < 4.78 is 5.22. The van der Waals surface area contributed by atoms with E-state index in [0.717, 1.165) is 11.3 Å². The number of methoxy groups -OCH3 is 1. The van der Waals surface area contributed by atoms with E-state index < -0.39 is 5.60 Å². The molecule has 1 heterocycles. The van der Waals surface area contributed by atoms with Gasteiger partial charge in [-0.2, -0.15) is 0 Å². The van der Waals surface area contributed by atoms with Crippen molar-refractivity contribution in [2.75, 3.05) is 20.2 Å². The third-order valence-corrected chi connectivity index (χ3v) is 2.91. The summed E-state index contributed by atoms with van der Waals surface area (Å²) in [5.74, 6) is 0.739. The van der Waals surface area contributed by atoms with Crippen LogP contribution in [0.15, 0.2) is 18.2 Å². The zero-order chi connectivity index (χ0) is 10.9. The molecule has 0 aromatic heterocycles. The maximum atomic E-state index is 10.0. The summed E-state index contributed by atoms with van der Waals surface area (Å²) in [4.78, 5) is 0. The van der Waals surface area contributed by atoms with Crippen LogP contribution in [0.1, 0.15) is 5.56 Å². The molecule has 0 unspecified atom stereocenters. The van der Waals surface area contributed by atoms with Crippen LogP contribution in [-0.4, -0.2) is 30.9 Å². The first-order valence-corrected chi connectivity index (χ1v) is 5.26. The molecule has 4 heteroatoms. The van der Waals surface area contributed by atoms with Gasteiger partial charge < -0.3 is 15.2 Å². The van der Waals surface area contributed by atoms with Gasteiger partial charge in [-0.05, 0) is 17.7 Å². The van der Waals surface area contributed by atoms with E-state index in [-0.39, 0.29) is 0 Å². The van der Waals surface area contributed by atoms with E-state index in [2.05, 4.69) is 5.32 Å². The molecular weight excluding hydrogens is 214 g/mol. The van der Waals surface area contributed by atoms with Crippen molar-refractivity contribution in [3.8, 4) is 5.75 Å². The third kappa shape index (κ3) is 2.25. The van der Waals surface area contributed by atoms with Crippen LogP contribution in [0.5, 0.6) is 5.75 Å². The first kappa shape index (κ1) is 10.7. The zero-order valence-corrected chi connectivity index (χ0v) is 9.34. The second-order valence-corrected chi connectivity index (χ2v) is 4.40. The Hall–Kier alpha value is -0.770. The molecule has 0 aliphatic carbocycles. The number of hydrogen-bond donors (Lipinski definition) is 2. The molecule has 1 saturated heterocycles. The highest BCUT2D eigenvalue weighted by Crippen LogP contribution is 2.27. The largest absolute Gasteiger partial charge is 0.496 e. The Labute approximate surface area is 94.0 Å². The molecule has 1 aromatic rings. The number of halogens is 1. The van der Waals surface area contributed by atoms with Gasteiger partial charge in [0.1, 0.15) is 5.75 Å². The second-order valence-electron chi connectivity index (χ2n) is 3.96. The quantitative estimate of drug-likeness (QED) is 0.816. The van der Waals surface area contributed by atoms with E-state index in [1.807, 2.05) is 12.1 Å². The lowest BCUT2D eigenvalue weighted by molar-refractivity contribution is -0.00943. The van der Waals surface area contributed by atoms with Crippen LogP contribution in [0.3, 0.4) is 0 Å². The maximum Gasteiger partial charge on any atom is 0.123 e. The highest BCUT2D eigenvalue weighted by atomic mass is 35.5. The Morgan fingerprint density at radius 3 is 2.80 bits per heavy atom. The number of rotatable bonds is 3. The summed E-state index contributed by atoms with van der Waals surface area (Å²) >= 11 is 5.86. The number of hydrogen-bond acceptors (Lipinski definition) is 3. The summed E-state index contributed by atoms with van der Waals surface area (Å²) in [6.07, 6.45) is 0.598. The van der Waals surface area contributed by atoms with E-state index in [0.29, 0.717) is 24.5 Å². The third-order valence-electron chi connectivity index (χ3n) is 2.68.